The van der Waals surface area contributed by atoms with Gasteiger partial charge in [0.1, 0.15) is 5.82 Å². The zero-order valence-corrected chi connectivity index (χ0v) is 13.0. The lowest BCUT2D eigenvalue weighted by molar-refractivity contribution is 0.881. The molecular weight excluding hydrogens is 302 g/mol. The second-order valence-corrected chi connectivity index (χ2v) is 5.64. The van der Waals surface area contributed by atoms with Crippen LogP contribution in [0, 0.1) is 0 Å². The summed E-state index contributed by atoms with van der Waals surface area (Å²) in [5.74, 6) is 0.959. The standard InChI is InChI=1S/C15H18BrN3/c1-11(12-5-4-6-13(16)9-12)18-14-7-8-15(17-10-14)19(2)3/h4-11,18H,1-3H3. The Morgan fingerprint density at radius 3 is 2.58 bits per heavy atom. The van der Waals surface area contributed by atoms with Crippen molar-refractivity contribution >= 4 is 27.4 Å². The summed E-state index contributed by atoms with van der Waals surface area (Å²) < 4.78 is 1.10. The highest BCUT2D eigenvalue weighted by Crippen LogP contribution is 2.22. The second kappa shape index (κ2) is 6.06. The van der Waals surface area contributed by atoms with E-state index in [1.807, 2.05) is 43.4 Å². The number of nitrogens with zero attached hydrogens (tertiary/aromatic N) is 2. The van der Waals surface area contributed by atoms with Crippen molar-refractivity contribution in [1.29, 1.82) is 0 Å². The third-order valence-corrected chi connectivity index (χ3v) is 3.43. The first-order valence-electron chi connectivity index (χ1n) is 6.21. The van der Waals surface area contributed by atoms with Gasteiger partial charge in [0.15, 0.2) is 0 Å². The zero-order valence-electron chi connectivity index (χ0n) is 11.4. The summed E-state index contributed by atoms with van der Waals surface area (Å²) in [4.78, 5) is 6.38. The summed E-state index contributed by atoms with van der Waals surface area (Å²) in [6, 6.07) is 12.6. The Balaban J connectivity index is 2.08. The molecule has 1 atom stereocenters. The molecular formula is C15H18BrN3. The Labute approximate surface area is 122 Å². The molecule has 1 heterocycles. The molecule has 1 unspecified atom stereocenters. The van der Waals surface area contributed by atoms with Crippen molar-refractivity contribution in [2.24, 2.45) is 0 Å². The van der Waals surface area contributed by atoms with Crippen LogP contribution in [0.5, 0.6) is 0 Å². The number of aromatic nitrogens is 1. The smallest absolute Gasteiger partial charge is 0.128 e. The Bertz CT molecular complexity index is 537. The summed E-state index contributed by atoms with van der Waals surface area (Å²) in [5.41, 5.74) is 2.27. The predicted octanol–water partition coefficient (Wildman–Crippen LogP) is 4.08. The third kappa shape index (κ3) is 3.70. The number of anilines is 2. The van der Waals surface area contributed by atoms with Gasteiger partial charge in [-0.2, -0.15) is 0 Å². The Morgan fingerprint density at radius 2 is 2.00 bits per heavy atom. The zero-order chi connectivity index (χ0) is 13.8. The van der Waals surface area contributed by atoms with Gasteiger partial charge >= 0.3 is 0 Å². The van der Waals surface area contributed by atoms with E-state index in [1.54, 1.807) is 0 Å². The van der Waals surface area contributed by atoms with E-state index < -0.39 is 0 Å². The summed E-state index contributed by atoms with van der Waals surface area (Å²) in [6.07, 6.45) is 1.86. The lowest BCUT2D eigenvalue weighted by atomic mass is 10.1. The maximum absolute atomic E-state index is 4.40. The molecule has 0 aliphatic carbocycles. The molecule has 1 N–H and O–H groups in total. The van der Waals surface area contributed by atoms with Crippen LogP contribution >= 0.6 is 15.9 Å². The van der Waals surface area contributed by atoms with E-state index >= 15 is 0 Å². The SMILES string of the molecule is CC(Nc1ccc(N(C)C)nc1)c1cccc(Br)c1. The molecule has 0 saturated heterocycles. The minimum absolute atomic E-state index is 0.240. The van der Waals surface area contributed by atoms with Crippen molar-refractivity contribution in [3.05, 3.63) is 52.6 Å². The molecule has 0 saturated carbocycles. The Morgan fingerprint density at radius 1 is 1.21 bits per heavy atom. The van der Waals surface area contributed by atoms with E-state index in [4.69, 9.17) is 0 Å². The van der Waals surface area contributed by atoms with Crippen LogP contribution in [-0.2, 0) is 0 Å². The molecule has 1 aromatic carbocycles. The van der Waals surface area contributed by atoms with Gasteiger partial charge in [0.2, 0.25) is 0 Å². The van der Waals surface area contributed by atoms with Crippen LogP contribution < -0.4 is 10.2 Å². The molecule has 2 rings (SSSR count). The van der Waals surface area contributed by atoms with Gasteiger partial charge in [-0.15, -0.1) is 0 Å². The van der Waals surface area contributed by atoms with Crippen LogP contribution in [0.25, 0.3) is 0 Å². The van der Waals surface area contributed by atoms with Crippen molar-refractivity contribution in [2.45, 2.75) is 13.0 Å². The van der Waals surface area contributed by atoms with E-state index in [9.17, 15) is 0 Å². The van der Waals surface area contributed by atoms with E-state index in [0.717, 1.165) is 16.0 Å². The Kier molecular flexibility index (Phi) is 4.43. The molecule has 2 aromatic rings. The van der Waals surface area contributed by atoms with Gasteiger partial charge in [-0.05, 0) is 36.8 Å². The van der Waals surface area contributed by atoms with Gasteiger partial charge in [-0.25, -0.2) is 4.98 Å². The average molecular weight is 320 g/mol. The Hall–Kier alpha value is -1.55. The first kappa shape index (κ1) is 13.9. The van der Waals surface area contributed by atoms with Gasteiger partial charge < -0.3 is 10.2 Å². The minimum atomic E-state index is 0.240. The minimum Gasteiger partial charge on any atom is -0.377 e. The normalized spacial score (nSPS) is 12.0. The molecule has 3 nitrogen and oxygen atoms in total. The fraction of sp³-hybridized carbons (Fsp3) is 0.267. The first-order valence-corrected chi connectivity index (χ1v) is 7.01. The van der Waals surface area contributed by atoms with Gasteiger partial charge in [0.25, 0.3) is 0 Å². The monoisotopic (exact) mass is 319 g/mol. The van der Waals surface area contributed by atoms with Gasteiger partial charge in [-0.1, -0.05) is 28.1 Å². The van der Waals surface area contributed by atoms with Crippen LogP contribution in [0.1, 0.15) is 18.5 Å². The lowest BCUT2D eigenvalue weighted by Crippen LogP contribution is -2.11. The van der Waals surface area contributed by atoms with Crippen molar-refractivity contribution in [1.82, 2.24) is 4.98 Å². The topological polar surface area (TPSA) is 28.2 Å². The van der Waals surface area contributed by atoms with Crippen molar-refractivity contribution in [3.8, 4) is 0 Å². The number of rotatable bonds is 4. The van der Waals surface area contributed by atoms with E-state index in [-0.39, 0.29) is 6.04 Å². The molecule has 19 heavy (non-hydrogen) atoms. The van der Waals surface area contributed by atoms with Crippen molar-refractivity contribution in [2.75, 3.05) is 24.3 Å². The highest BCUT2D eigenvalue weighted by atomic mass is 79.9. The highest BCUT2D eigenvalue weighted by Gasteiger charge is 2.06. The van der Waals surface area contributed by atoms with Crippen molar-refractivity contribution < 1.29 is 0 Å². The molecule has 100 valence electrons. The number of hydrogen-bond donors (Lipinski definition) is 1. The van der Waals surface area contributed by atoms with Crippen molar-refractivity contribution in [3.63, 3.8) is 0 Å². The fourth-order valence-electron chi connectivity index (χ4n) is 1.85. The molecule has 4 heteroatoms. The van der Waals surface area contributed by atoms with Gasteiger partial charge in [0.05, 0.1) is 11.9 Å². The molecule has 1 aromatic heterocycles. The third-order valence-electron chi connectivity index (χ3n) is 2.94. The largest absolute Gasteiger partial charge is 0.377 e. The molecule has 0 amide bonds. The van der Waals surface area contributed by atoms with Crippen LogP contribution in [-0.4, -0.2) is 19.1 Å². The maximum atomic E-state index is 4.40. The molecule has 0 radical (unpaired) electrons. The number of pyridine rings is 1. The van der Waals surface area contributed by atoms with Crippen LogP contribution in [0.3, 0.4) is 0 Å². The fourth-order valence-corrected chi connectivity index (χ4v) is 2.26. The first-order chi connectivity index (χ1) is 9.06. The highest BCUT2D eigenvalue weighted by molar-refractivity contribution is 9.10. The predicted molar refractivity (Wildman–Crippen MR) is 84.7 cm³/mol. The molecule has 0 aliphatic rings. The summed E-state index contributed by atoms with van der Waals surface area (Å²) in [6.45, 7) is 2.14. The average Bonchev–Trinajstić information content (AvgIpc) is 2.39. The molecule has 0 fully saturated rings. The maximum Gasteiger partial charge on any atom is 0.128 e. The van der Waals surface area contributed by atoms with Crippen LogP contribution in [0.2, 0.25) is 0 Å². The van der Waals surface area contributed by atoms with E-state index in [2.05, 4.69) is 51.4 Å². The number of benzene rings is 1. The number of nitrogens with one attached hydrogen (secondary N) is 1. The molecule has 0 bridgehead atoms. The summed E-state index contributed by atoms with van der Waals surface area (Å²) in [5, 5.41) is 3.45. The lowest BCUT2D eigenvalue weighted by Gasteiger charge is -2.17. The van der Waals surface area contributed by atoms with Gasteiger partial charge in [-0.3, -0.25) is 0 Å². The quantitative estimate of drug-likeness (QED) is 0.920. The van der Waals surface area contributed by atoms with Gasteiger partial charge in [0, 0.05) is 24.6 Å². The number of halogens is 1. The molecule has 0 spiro atoms. The summed E-state index contributed by atoms with van der Waals surface area (Å²) in [7, 11) is 3.97. The van der Waals surface area contributed by atoms with Crippen LogP contribution in [0.4, 0.5) is 11.5 Å². The number of hydrogen-bond acceptors (Lipinski definition) is 3. The van der Waals surface area contributed by atoms with Crippen LogP contribution in [0.15, 0.2) is 47.1 Å². The van der Waals surface area contributed by atoms with E-state index in [0.29, 0.717) is 0 Å². The van der Waals surface area contributed by atoms with E-state index in [1.165, 1.54) is 5.56 Å². The molecule has 0 aliphatic heterocycles. The second-order valence-electron chi connectivity index (χ2n) is 4.72. The summed E-state index contributed by atoms with van der Waals surface area (Å²) >= 11 is 3.50.